The number of carbonyl (C=O) groups excluding carboxylic acids is 1. The number of para-hydroxylation sites is 1. The monoisotopic (exact) mass is 260 g/mol. The van der Waals surface area contributed by atoms with Crippen molar-refractivity contribution >= 4 is 16.8 Å². The van der Waals surface area contributed by atoms with E-state index in [2.05, 4.69) is 5.32 Å². The number of hydrogen-bond acceptors (Lipinski definition) is 3. The Hall–Kier alpha value is -1.85. The molecule has 0 radical (unpaired) electrons. The topological polar surface area (TPSA) is 63.5 Å². The number of fused-ring (bicyclic) bond motifs is 1. The molecule has 0 bridgehead atoms. The Morgan fingerprint density at radius 1 is 1.42 bits per heavy atom. The van der Waals surface area contributed by atoms with Crippen LogP contribution in [0, 0.1) is 0 Å². The third kappa shape index (κ3) is 2.11. The summed E-state index contributed by atoms with van der Waals surface area (Å²) in [6.45, 7) is 0.637. The third-order valence-electron chi connectivity index (χ3n) is 3.51. The molecule has 2 atom stereocenters. The molecule has 1 aromatic heterocycles. The molecule has 1 fully saturated rings. The fourth-order valence-corrected chi connectivity index (χ4v) is 2.45. The van der Waals surface area contributed by atoms with Gasteiger partial charge in [-0.1, -0.05) is 18.2 Å². The van der Waals surface area contributed by atoms with E-state index < -0.39 is 6.10 Å². The van der Waals surface area contributed by atoms with Crippen molar-refractivity contribution in [1.82, 2.24) is 9.88 Å². The summed E-state index contributed by atoms with van der Waals surface area (Å²) >= 11 is 0. The summed E-state index contributed by atoms with van der Waals surface area (Å²) in [6.07, 6.45) is 1.18. The molecule has 2 heterocycles. The zero-order valence-electron chi connectivity index (χ0n) is 10.7. The number of nitrogens with one attached hydrogen (secondary N) is 1. The molecular weight excluding hydrogens is 244 g/mol. The number of benzene rings is 1. The lowest BCUT2D eigenvalue weighted by atomic mass is 10.1. The van der Waals surface area contributed by atoms with Crippen LogP contribution in [0.2, 0.25) is 0 Å². The van der Waals surface area contributed by atoms with Crippen LogP contribution < -0.4 is 5.32 Å². The first-order valence-electron chi connectivity index (χ1n) is 6.27. The zero-order valence-corrected chi connectivity index (χ0v) is 10.7. The molecule has 0 spiro atoms. The maximum absolute atomic E-state index is 12.3. The molecule has 5 nitrogen and oxygen atoms in total. The largest absolute Gasteiger partial charge is 0.388 e. The summed E-state index contributed by atoms with van der Waals surface area (Å²) in [7, 11) is 1.91. The van der Waals surface area contributed by atoms with E-state index in [1.54, 1.807) is 0 Å². The van der Waals surface area contributed by atoms with Crippen LogP contribution in [0.25, 0.3) is 10.9 Å². The molecule has 19 heavy (non-hydrogen) atoms. The Morgan fingerprint density at radius 2 is 2.21 bits per heavy atom. The smallest absolute Gasteiger partial charge is 0.253 e. The SMILES string of the molecule is Cn1cc(C(=O)N[C@@H]2COC[C@H]2O)c2ccccc21. The van der Waals surface area contributed by atoms with Gasteiger partial charge >= 0.3 is 0 Å². The van der Waals surface area contributed by atoms with Gasteiger partial charge in [0, 0.05) is 24.1 Å². The maximum Gasteiger partial charge on any atom is 0.253 e. The molecular formula is C14H16N2O3. The molecule has 0 aliphatic carbocycles. The number of aliphatic hydroxyl groups is 1. The van der Waals surface area contributed by atoms with Crippen molar-refractivity contribution < 1.29 is 14.6 Å². The number of aromatic nitrogens is 1. The van der Waals surface area contributed by atoms with Crippen LogP contribution in [0.5, 0.6) is 0 Å². The van der Waals surface area contributed by atoms with Crippen LogP contribution in [-0.2, 0) is 11.8 Å². The number of nitrogens with zero attached hydrogens (tertiary/aromatic N) is 1. The van der Waals surface area contributed by atoms with Crippen molar-refractivity contribution in [2.75, 3.05) is 13.2 Å². The first-order chi connectivity index (χ1) is 9.16. The fraction of sp³-hybridized carbons (Fsp3) is 0.357. The predicted octanol–water partition coefficient (Wildman–Crippen LogP) is 0.668. The quantitative estimate of drug-likeness (QED) is 0.834. The second kappa shape index (κ2) is 4.68. The standard InChI is InChI=1S/C14H16N2O3/c1-16-6-10(9-4-2-3-5-12(9)16)14(18)15-11-7-19-8-13(11)17/h2-6,11,13,17H,7-8H2,1H3,(H,15,18)/t11-,13-/m1/s1. The molecule has 5 heteroatoms. The normalized spacial score (nSPS) is 22.8. The Morgan fingerprint density at radius 3 is 2.95 bits per heavy atom. The van der Waals surface area contributed by atoms with Crippen LogP contribution >= 0.6 is 0 Å². The summed E-state index contributed by atoms with van der Waals surface area (Å²) in [6, 6.07) is 7.42. The highest BCUT2D eigenvalue weighted by atomic mass is 16.5. The number of ether oxygens (including phenoxy) is 1. The Bertz CT molecular complexity index is 620. The van der Waals surface area contributed by atoms with Crippen molar-refractivity contribution in [2.24, 2.45) is 7.05 Å². The van der Waals surface area contributed by atoms with E-state index in [0.717, 1.165) is 10.9 Å². The molecule has 1 aliphatic heterocycles. The molecule has 3 rings (SSSR count). The van der Waals surface area contributed by atoms with E-state index in [-0.39, 0.29) is 18.6 Å². The summed E-state index contributed by atoms with van der Waals surface area (Å²) in [5.41, 5.74) is 1.63. The zero-order chi connectivity index (χ0) is 13.4. The molecule has 1 amide bonds. The predicted molar refractivity (Wildman–Crippen MR) is 71.0 cm³/mol. The lowest BCUT2D eigenvalue weighted by Crippen LogP contribution is -2.42. The van der Waals surface area contributed by atoms with Crippen LogP contribution in [0.3, 0.4) is 0 Å². The molecule has 1 aliphatic rings. The van der Waals surface area contributed by atoms with E-state index in [9.17, 15) is 9.90 Å². The fourth-order valence-electron chi connectivity index (χ4n) is 2.45. The molecule has 1 saturated heterocycles. The summed E-state index contributed by atoms with van der Waals surface area (Å²) in [4.78, 5) is 12.3. The summed E-state index contributed by atoms with van der Waals surface area (Å²) in [5.74, 6) is -0.175. The number of amides is 1. The lowest BCUT2D eigenvalue weighted by molar-refractivity contribution is 0.0888. The van der Waals surface area contributed by atoms with Gasteiger partial charge in [-0.2, -0.15) is 0 Å². The molecule has 0 saturated carbocycles. The van der Waals surface area contributed by atoms with E-state index >= 15 is 0 Å². The third-order valence-corrected chi connectivity index (χ3v) is 3.51. The van der Waals surface area contributed by atoms with Crippen molar-refractivity contribution in [3.63, 3.8) is 0 Å². The molecule has 1 aromatic carbocycles. The number of hydrogen-bond donors (Lipinski definition) is 2. The van der Waals surface area contributed by atoms with Crippen LogP contribution in [-0.4, -0.2) is 40.9 Å². The minimum Gasteiger partial charge on any atom is -0.388 e. The van der Waals surface area contributed by atoms with Gasteiger partial charge < -0.3 is 19.7 Å². The highest BCUT2D eigenvalue weighted by Crippen LogP contribution is 2.20. The molecule has 2 N–H and O–H groups in total. The van der Waals surface area contributed by atoms with Crippen molar-refractivity contribution in [1.29, 1.82) is 0 Å². The summed E-state index contributed by atoms with van der Waals surface area (Å²) in [5, 5.41) is 13.4. The van der Waals surface area contributed by atoms with Gasteiger partial charge in [-0.3, -0.25) is 4.79 Å². The molecule has 100 valence electrons. The van der Waals surface area contributed by atoms with Gasteiger partial charge in [0.2, 0.25) is 0 Å². The second-order valence-electron chi connectivity index (χ2n) is 4.86. The van der Waals surface area contributed by atoms with Crippen LogP contribution in [0.1, 0.15) is 10.4 Å². The van der Waals surface area contributed by atoms with Crippen molar-refractivity contribution in [3.05, 3.63) is 36.0 Å². The van der Waals surface area contributed by atoms with Crippen LogP contribution in [0.4, 0.5) is 0 Å². The maximum atomic E-state index is 12.3. The van der Waals surface area contributed by atoms with E-state index in [1.165, 1.54) is 0 Å². The molecule has 0 unspecified atom stereocenters. The van der Waals surface area contributed by atoms with Gasteiger partial charge in [-0.05, 0) is 6.07 Å². The van der Waals surface area contributed by atoms with Gasteiger partial charge in [0.1, 0.15) is 0 Å². The summed E-state index contributed by atoms with van der Waals surface area (Å²) < 4.78 is 7.05. The average molecular weight is 260 g/mol. The van der Waals surface area contributed by atoms with E-state index in [4.69, 9.17) is 4.74 Å². The van der Waals surface area contributed by atoms with Gasteiger partial charge in [-0.25, -0.2) is 0 Å². The average Bonchev–Trinajstić information content (AvgIpc) is 2.95. The number of aliphatic hydroxyl groups excluding tert-OH is 1. The number of rotatable bonds is 2. The Kier molecular flexibility index (Phi) is 3.00. The van der Waals surface area contributed by atoms with Gasteiger partial charge in [0.05, 0.1) is 30.9 Å². The molecule has 2 aromatic rings. The van der Waals surface area contributed by atoms with Crippen molar-refractivity contribution in [3.8, 4) is 0 Å². The van der Waals surface area contributed by atoms with Gasteiger partial charge in [-0.15, -0.1) is 0 Å². The number of aryl methyl sites for hydroxylation is 1. The van der Waals surface area contributed by atoms with Gasteiger partial charge in [0.25, 0.3) is 5.91 Å². The second-order valence-corrected chi connectivity index (χ2v) is 4.86. The number of carbonyl (C=O) groups is 1. The highest BCUT2D eigenvalue weighted by Gasteiger charge is 2.28. The Labute approximate surface area is 110 Å². The van der Waals surface area contributed by atoms with Crippen molar-refractivity contribution in [2.45, 2.75) is 12.1 Å². The first-order valence-corrected chi connectivity index (χ1v) is 6.27. The minimum atomic E-state index is -0.626. The van der Waals surface area contributed by atoms with E-state index in [0.29, 0.717) is 12.2 Å². The van der Waals surface area contributed by atoms with Crippen LogP contribution in [0.15, 0.2) is 30.5 Å². The first kappa shape index (κ1) is 12.2. The lowest BCUT2D eigenvalue weighted by Gasteiger charge is -2.13. The van der Waals surface area contributed by atoms with E-state index in [1.807, 2.05) is 42.1 Å². The minimum absolute atomic E-state index is 0.175. The Balaban J connectivity index is 1.89. The van der Waals surface area contributed by atoms with Gasteiger partial charge in [0.15, 0.2) is 0 Å². The highest BCUT2D eigenvalue weighted by molar-refractivity contribution is 6.07.